The Kier molecular flexibility index (Phi) is 5.69. The Hall–Kier alpha value is -1.55. The number of carbonyl (C=O) groups is 2. The van der Waals surface area contributed by atoms with Crippen molar-refractivity contribution in [2.45, 2.75) is 64.8 Å². The van der Waals surface area contributed by atoms with Crippen LogP contribution in [0.5, 0.6) is 0 Å². The molecule has 0 bridgehead atoms. The van der Waals surface area contributed by atoms with Crippen LogP contribution >= 0.6 is 12.2 Å². The van der Waals surface area contributed by atoms with Crippen LogP contribution < -0.4 is 4.90 Å². The molecule has 1 aliphatic rings. The summed E-state index contributed by atoms with van der Waals surface area (Å²) >= 11 is 5.43. The molecule has 0 saturated heterocycles. The summed E-state index contributed by atoms with van der Waals surface area (Å²) in [7, 11) is 0. The molecule has 0 aromatic heterocycles. The number of anilines is 1. The summed E-state index contributed by atoms with van der Waals surface area (Å²) in [4.78, 5) is 26.0. The molecule has 0 atom stereocenters. The fourth-order valence-electron chi connectivity index (χ4n) is 3.33. The van der Waals surface area contributed by atoms with E-state index in [4.69, 9.17) is 12.2 Å². The molecule has 4 heteroatoms. The summed E-state index contributed by atoms with van der Waals surface area (Å²) in [5.41, 5.74) is 1.76. The Morgan fingerprint density at radius 2 is 1.74 bits per heavy atom. The molecular formula is C19H25NO2S. The third kappa shape index (κ3) is 3.86. The highest BCUT2D eigenvalue weighted by Crippen LogP contribution is 2.41. The number of hydrogen-bond donors (Lipinski definition) is 0. The van der Waals surface area contributed by atoms with Crippen molar-refractivity contribution in [2.24, 2.45) is 0 Å². The van der Waals surface area contributed by atoms with Crippen molar-refractivity contribution in [3.63, 3.8) is 0 Å². The molecule has 1 aromatic carbocycles. The number of nitrogens with zero attached hydrogens (tertiary/aromatic N) is 1. The van der Waals surface area contributed by atoms with E-state index < -0.39 is 5.54 Å². The maximum absolute atomic E-state index is 12.2. The first-order chi connectivity index (χ1) is 10.9. The van der Waals surface area contributed by atoms with E-state index in [2.05, 4.69) is 12.1 Å². The van der Waals surface area contributed by atoms with E-state index >= 15 is 0 Å². The lowest BCUT2D eigenvalue weighted by atomic mass is 9.72. The van der Waals surface area contributed by atoms with E-state index in [1.807, 2.05) is 24.0 Å². The van der Waals surface area contributed by atoms with Crippen LogP contribution in [0.15, 0.2) is 24.3 Å². The Labute approximate surface area is 144 Å². The van der Waals surface area contributed by atoms with Gasteiger partial charge >= 0.3 is 0 Å². The van der Waals surface area contributed by atoms with Crippen LogP contribution in [0, 0.1) is 0 Å². The van der Waals surface area contributed by atoms with Gasteiger partial charge in [0.05, 0.1) is 4.99 Å². The first kappa shape index (κ1) is 17.8. The summed E-state index contributed by atoms with van der Waals surface area (Å²) in [5.74, 6) is 0.427. The first-order valence-electron chi connectivity index (χ1n) is 8.27. The summed E-state index contributed by atoms with van der Waals surface area (Å²) in [6, 6.07) is 8.24. The van der Waals surface area contributed by atoms with Crippen molar-refractivity contribution in [3.8, 4) is 0 Å². The molecule has 0 amide bonds. The van der Waals surface area contributed by atoms with Crippen molar-refractivity contribution in [1.82, 2.24) is 0 Å². The van der Waals surface area contributed by atoms with Crippen LogP contribution in [-0.4, -0.2) is 22.1 Å². The molecule has 0 unspecified atom stereocenters. The monoisotopic (exact) mass is 331 g/mol. The van der Waals surface area contributed by atoms with E-state index in [0.29, 0.717) is 6.42 Å². The maximum atomic E-state index is 12.2. The van der Waals surface area contributed by atoms with Crippen molar-refractivity contribution in [3.05, 3.63) is 29.8 Å². The first-order valence-corrected chi connectivity index (χ1v) is 8.68. The van der Waals surface area contributed by atoms with Crippen LogP contribution in [-0.2, 0) is 16.0 Å². The molecule has 0 radical (unpaired) electrons. The van der Waals surface area contributed by atoms with E-state index in [9.17, 15) is 9.59 Å². The average molecular weight is 331 g/mol. The predicted octanol–water partition coefficient (Wildman–Crippen LogP) is 4.26. The minimum atomic E-state index is -0.442. The zero-order valence-corrected chi connectivity index (χ0v) is 15.0. The SMILES string of the molecule is CC(=O)CCCc1ccc(N(C(C)=S)C2(C(C)=O)CCC2)cc1. The van der Waals surface area contributed by atoms with Crippen LogP contribution in [0.3, 0.4) is 0 Å². The molecule has 1 aromatic rings. The number of aryl methyl sites for hydroxylation is 1. The van der Waals surface area contributed by atoms with Gasteiger partial charge in [-0.2, -0.15) is 0 Å². The van der Waals surface area contributed by atoms with Crippen molar-refractivity contribution < 1.29 is 9.59 Å². The average Bonchev–Trinajstić information content (AvgIpc) is 2.42. The van der Waals surface area contributed by atoms with E-state index in [1.165, 1.54) is 5.56 Å². The lowest BCUT2D eigenvalue weighted by Gasteiger charge is -2.49. The minimum Gasteiger partial charge on any atom is -0.323 e. The summed E-state index contributed by atoms with van der Waals surface area (Å²) in [5, 5.41) is 0. The van der Waals surface area contributed by atoms with Crippen LogP contribution in [0.4, 0.5) is 5.69 Å². The van der Waals surface area contributed by atoms with Crippen molar-refractivity contribution >= 4 is 34.5 Å². The lowest BCUT2D eigenvalue weighted by molar-refractivity contribution is -0.124. The quantitative estimate of drug-likeness (QED) is 0.700. The molecule has 0 aliphatic heterocycles. The molecule has 3 nitrogen and oxygen atoms in total. The Morgan fingerprint density at radius 3 is 2.13 bits per heavy atom. The molecule has 0 spiro atoms. The number of carbonyl (C=O) groups excluding carboxylic acids is 2. The molecule has 0 heterocycles. The van der Waals surface area contributed by atoms with Crippen LogP contribution in [0.2, 0.25) is 0 Å². The topological polar surface area (TPSA) is 37.4 Å². The number of Topliss-reactive ketones (excluding diaryl/α,β-unsaturated/α-hetero) is 2. The smallest absolute Gasteiger partial charge is 0.155 e. The van der Waals surface area contributed by atoms with Gasteiger partial charge in [-0.1, -0.05) is 24.4 Å². The van der Waals surface area contributed by atoms with Crippen molar-refractivity contribution in [2.75, 3.05) is 4.90 Å². The molecule has 124 valence electrons. The largest absolute Gasteiger partial charge is 0.323 e. The normalized spacial score (nSPS) is 15.6. The third-order valence-corrected chi connectivity index (χ3v) is 4.95. The minimum absolute atomic E-state index is 0.193. The number of hydrogen-bond acceptors (Lipinski definition) is 3. The predicted molar refractivity (Wildman–Crippen MR) is 98.1 cm³/mol. The van der Waals surface area contributed by atoms with Gasteiger partial charge in [-0.15, -0.1) is 0 Å². The Morgan fingerprint density at radius 1 is 1.13 bits per heavy atom. The van der Waals surface area contributed by atoms with Gasteiger partial charge in [0, 0.05) is 12.1 Å². The molecule has 1 aliphatic carbocycles. The maximum Gasteiger partial charge on any atom is 0.155 e. The number of rotatable bonds is 7. The van der Waals surface area contributed by atoms with Crippen LogP contribution in [0.25, 0.3) is 0 Å². The number of benzene rings is 1. The Bertz CT molecular complexity index is 602. The number of thiocarbonyl (C=S) groups is 1. The second-order valence-corrected chi connectivity index (χ2v) is 7.11. The van der Waals surface area contributed by atoms with Gasteiger partial charge < -0.3 is 9.69 Å². The van der Waals surface area contributed by atoms with Gasteiger partial charge in [0.1, 0.15) is 11.3 Å². The van der Waals surface area contributed by atoms with Gasteiger partial charge in [0.25, 0.3) is 0 Å². The van der Waals surface area contributed by atoms with Gasteiger partial charge in [-0.25, -0.2) is 0 Å². The second kappa shape index (κ2) is 7.35. The highest BCUT2D eigenvalue weighted by atomic mass is 32.1. The summed E-state index contributed by atoms with van der Waals surface area (Å²) < 4.78 is 0. The molecule has 2 rings (SSSR count). The van der Waals surface area contributed by atoms with Crippen LogP contribution in [0.1, 0.15) is 58.4 Å². The fourth-order valence-corrected chi connectivity index (χ4v) is 3.61. The molecule has 1 saturated carbocycles. The highest BCUT2D eigenvalue weighted by Gasteiger charge is 2.47. The zero-order valence-electron chi connectivity index (χ0n) is 14.2. The fraction of sp³-hybridized carbons (Fsp3) is 0.526. The lowest BCUT2D eigenvalue weighted by Crippen LogP contribution is -2.60. The molecular weight excluding hydrogens is 306 g/mol. The highest BCUT2D eigenvalue weighted by molar-refractivity contribution is 7.80. The van der Waals surface area contributed by atoms with Gasteiger partial charge in [-0.05, 0) is 70.6 Å². The van der Waals surface area contributed by atoms with E-state index in [-0.39, 0.29) is 11.6 Å². The third-order valence-electron chi connectivity index (χ3n) is 4.77. The molecule has 23 heavy (non-hydrogen) atoms. The number of ketones is 2. The Balaban J connectivity index is 2.16. The standard InChI is InChI=1S/C19H25NO2S/c1-14(21)6-4-7-17-8-10-18(11-9-17)20(16(3)23)19(15(2)22)12-5-13-19/h8-11H,4-7,12-13H2,1-3H3. The summed E-state index contributed by atoms with van der Waals surface area (Å²) in [6.07, 6.45) is 5.21. The van der Waals surface area contributed by atoms with Gasteiger partial charge in [0.2, 0.25) is 0 Å². The molecule has 1 fully saturated rings. The molecule has 0 N–H and O–H groups in total. The van der Waals surface area contributed by atoms with Gasteiger partial charge in [-0.3, -0.25) is 4.79 Å². The zero-order chi connectivity index (χ0) is 17.0. The van der Waals surface area contributed by atoms with E-state index in [1.54, 1.807) is 13.8 Å². The van der Waals surface area contributed by atoms with E-state index in [0.717, 1.165) is 42.8 Å². The summed E-state index contributed by atoms with van der Waals surface area (Å²) in [6.45, 7) is 5.18. The van der Waals surface area contributed by atoms with Gasteiger partial charge in [0.15, 0.2) is 5.78 Å². The van der Waals surface area contributed by atoms with Crippen molar-refractivity contribution in [1.29, 1.82) is 0 Å². The second-order valence-electron chi connectivity index (χ2n) is 6.52.